The maximum absolute atomic E-state index is 12.9. The number of aryl methyl sites for hydroxylation is 1. The van der Waals surface area contributed by atoms with Crippen molar-refractivity contribution in [2.24, 2.45) is 0 Å². The fraction of sp³-hybridized carbons (Fsp3) is 0.273. The molecule has 0 saturated heterocycles. The molecule has 0 spiro atoms. The highest BCUT2D eigenvalue weighted by Gasteiger charge is 2.30. The Balaban J connectivity index is 1.76. The molecule has 0 amide bonds. The molecule has 136 valence electrons. The van der Waals surface area contributed by atoms with E-state index in [1.54, 1.807) is 19.1 Å². The van der Waals surface area contributed by atoms with Gasteiger partial charge in [0.05, 0.1) is 6.93 Å². The molecule has 3 rings (SSSR count). The Morgan fingerprint density at radius 3 is 2.58 bits per heavy atom. The molecule has 0 aliphatic carbocycles. The summed E-state index contributed by atoms with van der Waals surface area (Å²) in [4.78, 5) is 0. The molecule has 3 aromatic rings. The lowest BCUT2D eigenvalue weighted by Gasteiger charge is -2.17. The molecule has 0 fully saturated rings. The van der Waals surface area contributed by atoms with E-state index in [2.05, 4.69) is 5.32 Å². The van der Waals surface area contributed by atoms with E-state index in [1.165, 1.54) is 6.07 Å². The molecule has 26 heavy (non-hydrogen) atoms. The largest absolute Gasteiger partial charge is 0.416 e. The molecule has 0 unspecified atom stereocenters. The van der Waals surface area contributed by atoms with Crippen LogP contribution in [-0.4, -0.2) is 6.50 Å². The van der Waals surface area contributed by atoms with Crippen LogP contribution in [0, 0.1) is 0 Å². The van der Waals surface area contributed by atoms with E-state index in [9.17, 15) is 13.2 Å². The fourth-order valence-corrected chi connectivity index (χ4v) is 2.92. The highest BCUT2D eigenvalue weighted by atomic mass is 19.4. The molecule has 0 aromatic heterocycles. The summed E-state index contributed by atoms with van der Waals surface area (Å²) in [5, 5.41) is 4.54. The third-order valence-electron chi connectivity index (χ3n) is 4.26. The van der Waals surface area contributed by atoms with Crippen LogP contribution < -0.4 is 5.32 Å². The smallest absolute Gasteiger partial charge is 0.310 e. The molecule has 0 aliphatic rings. The molecule has 0 aliphatic heterocycles. The summed E-state index contributed by atoms with van der Waals surface area (Å²) < 4.78 is 63.9. The highest BCUT2D eigenvalue weighted by molar-refractivity contribution is 5.86. The number of nitrogens with one attached hydrogen (secondary N) is 1. The number of benzene rings is 3. The topological polar surface area (TPSA) is 12.0 Å². The molecule has 4 heteroatoms. The summed E-state index contributed by atoms with van der Waals surface area (Å²) in [6, 6.07) is 16.6. The first-order valence-electron chi connectivity index (χ1n) is 9.92. The highest BCUT2D eigenvalue weighted by Crippen LogP contribution is 2.29. The number of halogens is 3. The Bertz CT molecular complexity index is 995. The summed E-state index contributed by atoms with van der Waals surface area (Å²) in [6.45, 7) is -0.363. The third kappa shape index (κ3) is 4.44. The van der Waals surface area contributed by atoms with Gasteiger partial charge in [-0.05, 0) is 54.2 Å². The monoisotopic (exact) mass is 360 g/mol. The van der Waals surface area contributed by atoms with Gasteiger partial charge in [0.15, 0.2) is 0 Å². The second-order valence-corrected chi connectivity index (χ2v) is 6.15. The Hall–Kier alpha value is -2.33. The molecule has 1 N–H and O–H groups in total. The second kappa shape index (κ2) is 7.92. The van der Waals surface area contributed by atoms with Crippen molar-refractivity contribution in [2.75, 3.05) is 6.50 Å². The number of hydrogen-bond donors (Lipinski definition) is 1. The number of fused-ring (bicyclic) bond motifs is 1. The minimum atomic E-state index is -4.43. The van der Waals surface area contributed by atoms with Crippen molar-refractivity contribution in [1.82, 2.24) is 5.32 Å². The van der Waals surface area contributed by atoms with Crippen LogP contribution in [-0.2, 0) is 12.6 Å². The van der Waals surface area contributed by atoms with Crippen molar-refractivity contribution in [3.8, 4) is 0 Å². The molecule has 0 heterocycles. The van der Waals surface area contributed by atoms with Crippen molar-refractivity contribution in [1.29, 1.82) is 0 Å². The van der Waals surface area contributed by atoms with Crippen LogP contribution in [0.3, 0.4) is 0 Å². The quantitative estimate of drug-likeness (QED) is 0.556. The third-order valence-corrected chi connectivity index (χ3v) is 4.26. The van der Waals surface area contributed by atoms with Crippen molar-refractivity contribution in [3.63, 3.8) is 0 Å². The van der Waals surface area contributed by atoms with Crippen molar-refractivity contribution in [2.45, 2.75) is 32.0 Å². The summed E-state index contributed by atoms with van der Waals surface area (Å²) in [7, 11) is 0. The SMILES string of the molecule is [2H]C([2H])(CCc1cccc(C(F)(F)F)c1)N[C@]([2H])(C)c1cccc2ccccc12. The normalized spacial score (nSPS) is 16.5. The van der Waals surface area contributed by atoms with Gasteiger partial charge in [0, 0.05) is 8.76 Å². The molecular formula is C22H22F3N. The zero-order valence-corrected chi connectivity index (χ0v) is 14.4. The van der Waals surface area contributed by atoms with E-state index >= 15 is 0 Å². The van der Waals surface area contributed by atoms with Gasteiger partial charge in [-0.15, -0.1) is 0 Å². The molecule has 0 bridgehead atoms. The van der Waals surface area contributed by atoms with Crippen molar-refractivity contribution in [3.05, 3.63) is 83.4 Å². The molecule has 1 nitrogen and oxygen atoms in total. The maximum Gasteiger partial charge on any atom is 0.416 e. The summed E-state index contributed by atoms with van der Waals surface area (Å²) in [5.74, 6) is 0. The molecule has 0 radical (unpaired) electrons. The summed E-state index contributed by atoms with van der Waals surface area (Å²) >= 11 is 0. The minimum absolute atomic E-state index is 0.0620. The van der Waals surface area contributed by atoms with Gasteiger partial charge in [-0.1, -0.05) is 60.7 Å². The lowest BCUT2D eigenvalue weighted by atomic mass is 9.99. The summed E-state index contributed by atoms with van der Waals surface area (Å²) in [5.41, 5.74) is 0.297. The molecule has 1 atom stereocenters. The molecule has 0 saturated carbocycles. The Labute approximate surface area is 156 Å². The van der Waals surface area contributed by atoms with Gasteiger partial charge >= 0.3 is 6.18 Å². The Morgan fingerprint density at radius 1 is 1.04 bits per heavy atom. The lowest BCUT2D eigenvalue weighted by molar-refractivity contribution is -0.137. The minimum Gasteiger partial charge on any atom is -0.310 e. The fourth-order valence-electron chi connectivity index (χ4n) is 2.92. The van der Waals surface area contributed by atoms with Gasteiger partial charge in [-0.25, -0.2) is 0 Å². The first-order valence-corrected chi connectivity index (χ1v) is 8.42. The van der Waals surface area contributed by atoms with Crippen LogP contribution in [0.5, 0.6) is 0 Å². The maximum atomic E-state index is 12.9. The van der Waals surface area contributed by atoms with Gasteiger partial charge in [0.1, 0.15) is 0 Å². The first kappa shape index (κ1) is 14.8. The molecule has 3 aromatic carbocycles. The van der Waals surface area contributed by atoms with E-state index in [4.69, 9.17) is 4.11 Å². The van der Waals surface area contributed by atoms with Gasteiger partial charge in [0.25, 0.3) is 0 Å². The summed E-state index contributed by atoms with van der Waals surface area (Å²) in [6.07, 6.45) is -4.37. The first-order chi connectivity index (χ1) is 13.5. The van der Waals surface area contributed by atoms with Crippen LogP contribution in [0.1, 0.15) is 40.2 Å². The van der Waals surface area contributed by atoms with E-state index in [-0.39, 0.29) is 12.8 Å². The average Bonchev–Trinajstić information content (AvgIpc) is 2.65. The van der Waals surface area contributed by atoms with Gasteiger partial charge in [0.2, 0.25) is 0 Å². The average molecular weight is 360 g/mol. The zero-order valence-electron chi connectivity index (χ0n) is 17.4. The van der Waals surface area contributed by atoms with E-state index in [0.29, 0.717) is 11.1 Å². The van der Waals surface area contributed by atoms with Crippen LogP contribution in [0.25, 0.3) is 10.8 Å². The van der Waals surface area contributed by atoms with Crippen LogP contribution in [0.4, 0.5) is 13.2 Å². The van der Waals surface area contributed by atoms with Gasteiger partial charge in [-0.2, -0.15) is 13.2 Å². The standard InChI is InChI=1S/C22H22F3N/c1-16(20-13-5-10-18-9-2-3-12-21(18)20)26-14-6-8-17-7-4-11-19(15-17)22(23,24)25/h2-5,7,9-13,15-16,26H,6,8,14H2,1H3/t16-/m1/s1/i14D2,16D. The van der Waals surface area contributed by atoms with Gasteiger partial charge < -0.3 is 5.32 Å². The predicted octanol–water partition coefficient (Wildman–Crippen LogP) is 6.14. The number of rotatable bonds is 6. The lowest BCUT2D eigenvalue weighted by Crippen LogP contribution is -2.20. The molecular weight excluding hydrogens is 335 g/mol. The van der Waals surface area contributed by atoms with Crippen molar-refractivity contribution < 1.29 is 17.3 Å². The Morgan fingerprint density at radius 2 is 1.77 bits per heavy atom. The van der Waals surface area contributed by atoms with Crippen molar-refractivity contribution >= 4 is 10.8 Å². The Kier molecular flexibility index (Phi) is 4.51. The predicted molar refractivity (Wildman–Crippen MR) is 100 cm³/mol. The van der Waals surface area contributed by atoms with E-state index in [1.807, 2.05) is 36.4 Å². The van der Waals surface area contributed by atoms with Gasteiger partial charge in [-0.3, -0.25) is 0 Å². The van der Waals surface area contributed by atoms with Crippen LogP contribution >= 0.6 is 0 Å². The number of hydrogen-bond acceptors (Lipinski definition) is 1. The van der Waals surface area contributed by atoms with E-state index < -0.39 is 24.3 Å². The van der Waals surface area contributed by atoms with E-state index in [0.717, 1.165) is 22.9 Å². The second-order valence-electron chi connectivity index (χ2n) is 6.15. The van der Waals surface area contributed by atoms with Crippen LogP contribution in [0.15, 0.2) is 66.7 Å². The number of alkyl halides is 3. The zero-order chi connectivity index (χ0) is 21.3. The van der Waals surface area contributed by atoms with Crippen LogP contribution in [0.2, 0.25) is 0 Å².